The smallest absolute Gasteiger partial charge is 0.259 e. The van der Waals surface area contributed by atoms with Gasteiger partial charge in [-0.2, -0.15) is 0 Å². The van der Waals surface area contributed by atoms with Crippen LogP contribution in [0, 0.1) is 6.92 Å². The van der Waals surface area contributed by atoms with Crippen LogP contribution < -0.4 is 9.64 Å². The van der Waals surface area contributed by atoms with Crippen molar-refractivity contribution in [2.24, 2.45) is 0 Å². The predicted molar refractivity (Wildman–Crippen MR) is 111 cm³/mol. The first-order chi connectivity index (χ1) is 13.7. The highest BCUT2D eigenvalue weighted by atomic mass is 16.5. The lowest BCUT2D eigenvalue weighted by molar-refractivity contribution is 0.0993. The highest BCUT2D eigenvalue weighted by Crippen LogP contribution is 2.45. The van der Waals surface area contributed by atoms with Gasteiger partial charge in [0.1, 0.15) is 5.75 Å². The SMILES string of the molecule is COc1ccc(N2C(=O)c3ccccc3[C@H]2c2c(C)[nH]c3ccccc23)cc1. The Morgan fingerprint density at radius 2 is 1.64 bits per heavy atom. The van der Waals surface area contributed by atoms with E-state index in [0.29, 0.717) is 0 Å². The van der Waals surface area contributed by atoms with Gasteiger partial charge in [-0.25, -0.2) is 0 Å². The summed E-state index contributed by atoms with van der Waals surface area (Å²) in [5.74, 6) is 0.795. The van der Waals surface area contributed by atoms with Gasteiger partial charge in [-0.05, 0) is 48.9 Å². The van der Waals surface area contributed by atoms with Crippen molar-refractivity contribution in [2.45, 2.75) is 13.0 Å². The number of methoxy groups -OCH3 is 1. The van der Waals surface area contributed by atoms with Gasteiger partial charge < -0.3 is 9.72 Å². The van der Waals surface area contributed by atoms with Crippen LogP contribution in [-0.2, 0) is 0 Å². The van der Waals surface area contributed by atoms with Crippen LogP contribution in [0.4, 0.5) is 5.69 Å². The zero-order valence-electron chi connectivity index (χ0n) is 15.8. The molecule has 0 saturated carbocycles. The number of para-hydroxylation sites is 1. The summed E-state index contributed by atoms with van der Waals surface area (Å²) in [6.45, 7) is 2.08. The van der Waals surface area contributed by atoms with Crippen LogP contribution in [0.25, 0.3) is 10.9 Å². The fraction of sp³-hybridized carbons (Fsp3) is 0.125. The molecule has 1 atom stereocenters. The molecule has 1 aromatic heterocycles. The second-order valence-corrected chi connectivity index (χ2v) is 7.07. The Morgan fingerprint density at radius 3 is 2.43 bits per heavy atom. The van der Waals surface area contributed by atoms with E-state index in [2.05, 4.69) is 30.1 Å². The van der Waals surface area contributed by atoms with Crippen LogP contribution in [0.3, 0.4) is 0 Å². The number of carbonyl (C=O) groups is 1. The monoisotopic (exact) mass is 368 g/mol. The first-order valence-corrected chi connectivity index (χ1v) is 9.33. The average molecular weight is 368 g/mol. The summed E-state index contributed by atoms with van der Waals surface area (Å²) in [7, 11) is 1.64. The summed E-state index contributed by atoms with van der Waals surface area (Å²) in [5.41, 5.74) is 5.96. The van der Waals surface area contributed by atoms with Crippen LogP contribution >= 0.6 is 0 Å². The largest absolute Gasteiger partial charge is 0.497 e. The van der Waals surface area contributed by atoms with Gasteiger partial charge in [-0.3, -0.25) is 9.69 Å². The molecule has 0 aliphatic carbocycles. The van der Waals surface area contributed by atoms with Crippen molar-refractivity contribution < 1.29 is 9.53 Å². The Labute approximate surface area is 163 Å². The number of carbonyl (C=O) groups excluding carboxylic acids is 1. The summed E-state index contributed by atoms with van der Waals surface area (Å²) in [6, 6.07) is 23.7. The van der Waals surface area contributed by atoms with Crippen LogP contribution in [0.15, 0.2) is 72.8 Å². The fourth-order valence-corrected chi connectivity index (χ4v) is 4.26. The molecule has 138 valence electrons. The summed E-state index contributed by atoms with van der Waals surface area (Å²) >= 11 is 0. The highest BCUT2D eigenvalue weighted by Gasteiger charge is 2.40. The van der Waals surface area contributed by atoms with Gasteiger partial charge in [0.25, 0.3) is 5.91 Å². The summed E-state index contributed by atoms with van der Waals surface area (Å²) in [6.07, 6.45) is 0. The average Bonchev–Trinajstić information content (AvgIpc) is 3.21. The van der Waals surface area contributed by atoms with E-state index < -0.39 is 0 Å². The van der Waals surface area contributed by atoms with Crippen molar-refractivity contribution in [1.29, 1.82) is 0 Å². The van der Waals surface area contributed by atoms with E-state index >= 15 is 0 Å². The van der Waals surface area contributed by atoms with Gasteiger partial charge in [-0.15, -0.1) is 0 Å². The normalized spacial score (nSPS) is 15.9. The minimum atomic E-state index is -0.173. The lowest BCUT2D eigenvalue weighted by Crippen LogP contribution is -2.28. The lowest BCUT2D eigenvalue weighted by atomic mass is 9.95. The predicted octanol–water partition coefficient (Wildman–Crippen LogP) is 5.23. The van der Waals surface area contributed by atoms with E-state index in [-0.39, 0.29) is 11.9 Å². The van der Waals surface area contributed by atoms with Gasteiger partial charge in [0.15, 0.2) is 0 Å². The third-order valence-electron chi connectivity index (χ3n) is 5.53. The number of rotatable bonds is 3. The van der Waals surface area contributed by atoms with Gasteiger partial charge in [0.05, 0.1) is 13.2 Å². The zero-order chi connectivity index (χ0) is 19.3. The van der Waals surface area contributed by atoms with Gasteiger partial charge in [0.2, 0.25) is 0 Å². The second-order valence-electron chi connectivity index (χ2n) is 7.07. The Bertz CT molecular complexity index is 1190. The minimum absolute atomic E-state index is 0.0236. The standard InChI is InChI=1S/C24H20N2O2/c1-15-22(20-9-5-6-10-21(20)25-15)23-18-7-3-4-8-19(18)24(27)26(23)16-11-13-17(28-2)14-12-16/h3-14,23,25H,1-2H3/t23-/m0/s1. The fourth-order valence-electron chi connectivity index (χ4n) is 4.26. The second kappa shape index (κ2) is 6.27. The Hall–Kier alpha value is -3.53. The maximum atomic E-state index is 13.4. The molecule has 28 heavy (non-hydrogen) atoms. The molecule has 2 heterocycles. The maximum Gasteiger partial charge on any atom is 0.259 e. The summed E-state index contributed by atoms with van der Waals surface area (Å²) < 4.78 is 5.29. The molecule has 0 saturated heterocycles. The molecule has 1 aliphatic rings. The highest BCUT2D eigenvalue weighted by molar-refractivity contribution is 6.12. The first-order valence-electron chi connectivity index (χ1n) is 9.33. The van der Waals surface area contributed by atoms with E-state index in [1.807, 2.05) is 59.5 Å². The number of ether oxygens (including phenoxy) is 1. The number of aromatic amines is 1. The van der Waals surface area contributed by atoms with Crippen LogP contribution in [-0.4, -0.2) is 18.0 Å². The van der Waals surface area contributed by atoms with Crippen LogP contribution in [0.1, 0.15) is 33.2 Å². The van der Waals surface area contributed by atoms with Crippen molar-refractivity contribution in [2.75, 3.05) is 12.0 Å². The number of benzene rings is 3. The third kappa shape index (κ3) is 2.34. The van der Waals surface area contributed by atoms with Crippen molar-refractivity contribution in [3.8, 4) is 5.75 Å². The molecule has 1 N–H and O–H groups in total. The van der Waals surface area contributed by atoms with Crippen molar-refractivity contribution >= 4 is 22.5 Å². The first kappa shape index (κ1) is 16.6. The quantitative estimate of drug-likeness (QED) is 0.538. The van der Waals surface area contributed by atoms with E-state index in [9.17, 15) is 4.79 Å². The number of hydrogen-bond acceptors (Lipinski definition) is 2. The molecule has 4 nitrogen and oxygen atoms in total. The number of nitrogens with zero attached hydrogens (tertiary/aromatic N) is 1. The number of fused-ring (bicyclic) bond motifs is 2. The molecule has 4 heteroatoms. The molecule has 4 aromatic rings. The molecule has 1 aliphatic heterocycles. The number of aromatic nitrogens is 1. The van der Waals surface area contributed by atoms with Gasteiger partial charge in [0, 0.05) is 33.4 Å². The number of amides is 1. The molecular formula is C24H20N2O2. The van der Waals surface area contributed by atoms with E-state index in [1.54, 1.807) is 7.11 Å². The molecule has 1 amide bonds. The molecule has 0 radical (unpaired) electrons. The van der Waals surface area contributed by atoms with Gasteiger partial charge in [-0.1, -0.05) is 36.4 Å². The van der Waals surface area contributed by atoms with E-state index in [1.165, 1.54) is 0 Å². The number of H-pyrrole nitrogens is 1. The number of aryl methyl sites for hydroxylation is 1. The molecule has 3 aromatic carbocycles. The number of hydrogen-bond donors (Lipinski definition) is 1. The Balaban J connectivity index is 1.75. The van der Waals surface area contributed by atoms with Crippen LogP contribution in [0.5, 0.6) is 5.75 Å². The molecule has 0 spiro atoms. The lowest BCUT2D eigenvalue weighted by Gasteiger charge is -2.26. The molecule has 0 unspecified atom stereocenters. The van der Waals surface area contributed by atoms with Crippen molar-refractivity contribution in [1.82, 2.24) is 4.98 Å². The third-order valence-corrected chi connectivity index (χ3v) is 5.53. The summed E-state index contributed by atoms with van der Waals surface area (Å²) in [4.78, 5) is 18.8. The zero-order valence-corrected chi connectivity index (χ0v) is 15.8. The molecule has 0 bridgehead atoms. The molecule has 5 rings (SSSR count). The molecular weight excluding hydrogens is 348 g/mol. The number of anilines is 1. The minimum Gasteiger partial charge on any atom is -0.497 e. The van der Waals surface area contributed by atoms with E-state index in [4.69, 9.17) is 4.74 Å². The van der Waals surface area contributed by atoms with Crippen LogP contribution in [0.2, 0.25) is 0 Å². The topological polar surface area (TPSA) is 45.3 Å². The summed E-state index contributed by atoms with van der Waals surface area (Å²) in [5, 5.41) is 1.15. The Morgan fingerprint density at radius 1 is 0.929 bits per heavy atom. The number of nitrogens with one attached hydrogen (secondary N) is 1. The Kier molecular flexibility index (Phi) is 3.72. The van der Waals surface area contributed by atoms with Crippen molar-refractivity contribution in [3.63, 3.8) is 0 Å². The molecule has 0 fully saturated rings. The van der Waals surface area contributed by atoms with Gasteiger partial charge >= 0.3 is 0 Å². The van der Waals surface area contributed by atoms with E-state index in [0.717, 1.165) is 44.7 Å². The van der Waals surface area contributed by atoms with Crippen molar-refractivity contribution in [3.05, 3.63) is 95.2 Å². The maximum absolute atomic E-state index is 13.4.